The number of aryl methyl sites for hydroxylation is 1. The predicted molar refractivity (Wildman–Crippen MR) is 97.5 cm³/mol. The van der Waals surface area contributed by atoms with Gasteiger partial charge in [0.15, 0.2) is 0 Å². The largest absolute Gasteiger partial charge is 0.496 e. The molecule has 0 fully saturated rings. The third-order valence-electron chi connectivity index (χ3n) is 4.25. The Balaban J connectivity index is 0.00000242. The number of methoxy groups -OCH3 is 1. The Morgan fingerprint density at radius 2 is 1.77 bits per heavy atom. The molecule has 22 heavy (non-hydrogen) atoms. The third kappa shape index (κ3) is 3.96. The highest BCUT2D eigenvalue weighted by Crippen LogP contribution is 2.27. The van der Waals surface area contributed by atoms with E-state index in [9.17, 15) is 0 Å². The second-order valence-electron chi connectivity index (χ2n) is 6.36. The lowest BCUT2D eigenvalue weighted by molar-refractivity contribution is 0.177. The molecule has 0 atom stereocenters. The van der Waals surface area contributed by atoms with Crippen molar-refractivity contribution < 1.29 is 4.74 Å². The third-order valence-corrected chi connectivity index (χ3v) is 4.25. The van der Waals surface area contributed by atoms with Crippen LogP contribution in [0.2, 0.25) is 0 Å². The first-order valence-electron chi connectivity index (χ1n) is 7.84. The van der Waals surface area contributed by atoms with Crippen LogP contribution in [-0.2, 0) is 6.42 Å². The molecule has 124 valence electrons. The van der Waals surface area contributed by atoms with Gasteiger partial charge < -0.3 is 9.72 Å². The summed E-state index contributed by atoms with van der Waals surface area (Å²) in [6, 6.07) is 5.48. The zero-order chi connectivity index (χ0) is 15.6. The Labute approximate surface area is 140 Å². The Bertz CT molecular complexity index is 596. The van der Waals surface area contributed by atoms with Gasteiger partial charge in [-0.05, 0) is 64.3 Å². The summed E-state index contributed by atoms with van der Waals surface area (Å²) >= 11 is 0. The number of H-pyrrole nitrogens is 1. The van der Waals surface area contributed by atoms with Gasteiger partial charge in [-0.2, -0.15) is 0 Å². The molecule has 0 aliphatic rings. The Morgan fingerprint density at radius 3 is 2.32 bits per heavy atom. The maximum absolute atomic E-state index is 5.46. The van der Waals surface area contributed by atoms with Gasteiger partial charge in [-0.1, -0.05) is 0 Å². The number of fused-ring (bicyclic) bond motifs is 1. The van der Waals surface area contributed by atoms with Gasteiger partial charge >= 0.3 is 0 Å². The number of halogens is 1. The zero-order valence-corrected chi connectivity index (χ0v) is 15.4. The van der Waals surface area contributed by atoms with Crippen LogP contribution >= 0.6 is 12.4 Å². The van der Waals surface area contributed by atoms with E-state index in [2.05, 4.69) is 62.8 Å². The fraction of sp³-hybridized carbons (Fsp3) is 0.556. The van der Waals surface area contributed by atoms with E-state index in [4.69, 9.17) is 4.74 Å². The van der Waals surface area contributed by atoms with Crippen molar-refractivity contribution in [2.24, 2.45) is 0 Å². The molecule has 0 spiro atoms. The fourth-order valence-electron chi connectivity index (χ4n) is 3.10. The topological polar surface area (TPSA) is 28.3 Å². The Hall–Kier alpha value is -1.19. The van der Waals surface area contributed by atoms with Crippen molar-refractivity contribution in [3.05, 3.63) is 29.5 Å². The van der Waals surface area contributed by atoms with E-state index in [1.165, 1.54) is 22.0 Å². The van der Waals surface area contributed by atoms with Crippen molar-refractivity contribution in [3.8, 4) is 5.75 Å². The molecule has 4 heteroatoms. The smallest absolute Gasteiger partial charge is 0.122 e. The molecule has 1 heterocycles. The molecule has 1 aromatic heterocycles. The van der Waals surface area contributed by atoms with E-state index < -0.39 is 0 Å². The molecule has 0 unspecified atom stereocenters. The maximum atomic E-state index is 5.46. The van der Waals surface area contributed by atoms with E-state index in [0.29, 0.717) is 12.1 Å². The standard InChI is InChI=1S/C18H28N2O.ClH/c1-12(2)20(13(3)4)8-7-15-11-19-17-9-14(5)18(21-6)10-16(15)17;/h9-13,19H,7-8H2,1-6H3;1H. The molecule has 3 nitrogen and oxygen atoms in total. The molecule has 0 radical (unpaired) electrons. The summed E-state index contributed by atoms with van der Waals surface area (Å²) in [7, 11) is 1.74. The number of rotatable bonds is 6. The van der Waals surface area contributed by atoms with Crippen molar-refractivity contribution >= 4 is 23.3 Å². The average molecular weight is 325 g/mol. The van der Waals surface area contributed by atoms with E-state index in [1.54, 1.807) is 7.11 Å². The van der Waals surface area contributed by atoms with Crippen molar-refractivity contribution in [1.29, 1.82) is 0 Å². The summed E-state index contributed by atoms with van der Waals surface area (Å²) in [5, 5.41) is 1.28. The van der Waals surface area contributed by atoms with Crippen LogP contribution in [0.15, 0.2) is 18.3 Å². The molecule has 0 aliphatic carbocycles. The molecular weight excluding hydrogens is 296 g/mol. The fourth-order valence-corrected chi connectivity index (χ4v) is 3.10. The summed E-state index contributed by atoms with van der Waals surface area (Å²) in [4.78, 5) is 5.92. The minimum atomic E-state index is 0. The van der Waals surface area contributed by atoms with E-state index in [1.807, 2.05) is 0 Å². The molecule has 1 aromatic carbocycles. The van der Waals surface area contributed by atoms with Crippen LogP contribution in [0.4, 0.5) is 0 Å². The maximum Gasteiger partial charge on any atom is 0.122 e. The molecule has 0 aliphatic heterocycles. The quantitative estimate of drug-likeness (QED) is 0.843. The second-order valence-corrected chi connectivity index (χ2v) is 6.36. The molecule has 0 saturated heterocycles. The van der Waals surface area contributed by atoms with Crippen LogP contribution in [0.5, 0.6) is 5.75 Å². The van der Waals surface area contributed by atoms with Crippen molar-refractivity contribution in [1.82, 2.24) is 9.88 Å². The first kappa shape index (κ1) is 18.9. The van der Waals surface area contributed by atoms with Gasteiger partial charge in [0.05, 0.1) is 7.11 Å². The number of nitrogens with zero attached hydrogens (tertiary/aromatic N) is 1. The highest BCUT2D eigenvalue weighted by atomic mass is 35.5. The number of aromatic nitrogens is 1. The van der Waals surface area contributed by atoms with E-state index >= 15 is 0 Å². The van der Waals surface area contributed by atoms with Gasteiger partial charge in [0.1, 0.15) is 5.75 Å². The number of hydrogen-bond donors (Lipinski definition) is 1. The van der Waals surface area contributed by atoms with Gasteiger partial charge in [-0.25, -0.2) is 0 Å². The molecule has 0 bridgehead atoms. The van der Waals surface area contributed by atoms with Gasteiger partial charge in [0.25, 0.3) is 0 Å². The number of nitrogens with one attached hydrogen (secondary N) is 1. The van der Waals surface area contributed by atoms with Crippen LogP contribution < -0.4 is 4.74 Å². The monoisotopic (exact) mass is 324 g/mol. The zero-order valence-electron chi connectivity index (χ0n) is 14.6. The van der Waals surface area contributed by atoms with Crippen LogP contribution in [-0.4, -0.2) is 35.6 Å². The minimum absolute atomic E-state index is 0. The Kier molecular flexibility index (Phi) is 6.76. The molecule has 0 amide bonds. The van der Waals surface area contributed by atoms with Gasteiger partial charge in [-0.3, -0.25) is 4.90 Å². The summed E-state index contributed by atoms with van der Waals surface area (Å²) in [6.07, 6.45) is 3.20. The summed E-state index contributed by atoms with van der Waals surface area (Å²) in [5.74, 6) is 0.966. The van der Waals surface area contributed by atoms with Crippen LogP contribution in [0.1, 0.15) is 38.8 Å². The molecule has 0 saturated carbocycles. The van der Waals surface area contributed by atoms with Crippen molar-refractivity contribution in [2.75, 3.05) is 13.7 Å². The normalized spacial score (nSPS) is 11.5. The van der Waals surface area contributed by atoms with Crippen LogP contribution in [0.25, 0.3) is 10.9 Å². The van der Waals surface area contributed by atoms with Gasteiger partial charge in [0, 0.05) is 35.7 Å². The molecule has 2 rings (SSSR count). The van der Waals surface area contributed by atoms with Gasteiger partial charge in [-0.15, -0.1) is 12.4 Å². The lowest BCUT2D eigenvalue weighted by Gasteiger charge is -2.30. The Morgan fingerprint density at radius 1 is 1.14 bits per heavy atom. The first-order valence-corrected chi connectivity index (χ1v) is 7.84. The molecule has 2 aromatic rings. The van der Waals surface area contributed by atoms with Crippen molar-refractivity contribution in [3.63, 3.8) is 0 Å². The average Bonchev–Trinajstić information content (AvgIpc) is 2.79. The van der Waals surface area contributed by atoms with Crippen LogP contribution in [0, 0.1) is 6.92 Å². The number of aromatic amines is 1. The highest BCUT2D eigenvalue weighted by molar-refractivity contribution is 5.86. The second kappa shape index (κ2) is 7.89. The molecular formula is C18H29ClN2O. The van der Waals surface area contributed by atoms with E-state index in [0.717, 1.165) is 18.7 Å². The molecule has 1 N–H and O–H groups in total. The SMILES string of the molecule is COc1cc2c(CCN(C(C)C)C(C)C)c[nH]c2cc1C.Cl. The summed E-state index contributed by atoms with van der Waals surface area (Å²) < 4.78 is 5.46. The predicted octanol–water partition coefficient (Wildman–Crippen LogP) is 4.57. The lowest BCUT2D eigenvalue weighted by atomic mass is 10.1. The number of hydrogen-bond acceptors (Lipinski definition) is 2. The minimum Gasteiger partial charge on any atom is -0.496 e. The summed E-state index contributed by atoms with van der Waals surface area (Å²) in [5.41, 5.74) is 3.74. The number of benzene rings is 1. The first-order chi connectivity index (χ1) is 9.93. The van der Waals surface area contributed by atoms with Crippen molar-refractivity contribution in [2.45, 2.75) is 53.1 Å². The highest BCUT2D eigenvalue weighted by Gasteiger charge is 2.14. The van der Waals surface area contributed by atoms with E-state index in [-0.39, 0.29) is 12.4 Å². The van der Waals surface area contributed by atoms with Gasteiger partial charge in [0.2, 0.25) is 0 Å². The summed E-state index contributed by atoms with van der Waals surface area (Å²) in [6.45, 7) is 12.2. The number of ether oxygens (including phenoxy) is 1. The lowest BCUT2D eigenvalue weighted by Crippen LogP contribution is -2.38. The van der Waals surface area contributed by atoms with Crippen LogP contribution in [0.3, 0.4) is 0 Å².